The molecule has 0 fully saturated rings. The maximum absolute atomic E-state index is 13.2. The van der Waals surface area contributed by atoms with Crippen LogP contribution in [-0.2, 0) is 16.1 Å². The van der Waals surface area contributed by atoms with Crippen LogP contribution in [0.4, 0.5) is 4.79 Å². The number of benzene rings is 3. The van der Waals surface area contributed by atoms with E-state index in [-0.39, 0.29) is 18.8 Å². The molecule has 7 nitrogen and oxygen atoms in total. The minimum Gasteiger partial charge on any atom is -0.493 e. The van der Waals surface area contributed by atoms with Gasteiger partial charge in [-0.25, -0.2) is 9.59 Å². The zero-order valence-electron chi connectivity index (χ0n) is 19.3. The summed E-state index contributed by atoms with van der Waals surface area (Å²) in [5.41, 5.74) is 2.64. The van der Waals surface area contributed by atoms with Crippen LogP contribution < -0.4 is 20.1 Å². The molecule has 1 aliphatic heterocycles. The number of urea groups is 1. The largest absolute Gasteiger partial charge is 0.493 e. The first-order chi connectivity index (χ1) is 17.0. The number of ether oxygens (including phenoxy) is 3. The maximum Gasteiger partial charge on any atom is 0.338 e. The van der Waals surface area contributed by atoms with E-state index in [4.69, 9.17) is 25.8 Å². The van der Waals surface area contributed by atoms with E-state index in [9.17, 15) is 9.59 Å². The second-order valence-corrected chi connectivity index (χ2v) is 8.07. The molecular weight excluding hydrogens is 468 g/mol. The molecule has 0 radical (unpaired) electrons. The van der Waals surface area contributed by atoms with Crippen LogP contribution in [0.25, 0.3) is 5.70 Å². The summed E-state index contributed by atoms with van der Waals surface area (Å²) in [5, 5.41) is 6.19. The molecule has 1 heterocycles. The minimum absolute atomic E-state index is 0.163. The first-order valence-corrected chi connectivity index (χ1v) is 11.5. The zero-order valence-corrected chi connectivity index (χ0v) is 20.1. The number of hydrogen-bond donors (Lipinski definition) is 2. The van der Waals surface area contributed by atoms with E-state index in [2.05, 4.69) is 10.6 Å². The van der Waals surface area contributed by atoms with Gasteiger partial charge >= 0.3 is 12.0 Å². The second-order valence-electron chi connectivity index (χ2n) is 7.67. The number of hydrogen-bond acceptors (Lipinski definition) is 5. The van der Waals surface area contributed by atoms with E-state index < -0.39 is 18.0 Å². The van der Waals surface area contributed by atoms with Gasteiger partial charge in [0, 0.05) is 16.1 Å². The minimum atomic E-state index is -0.852. The molecule has 0 spiro atoms. The van der Waals surface area contributed by atoms with Gasteiger partial charge in [-0.3, -0.25) is 0 Å². The third-order valence-electron chi connectivity index (χ3n) is 5.50. The van der Waals surface area contributed by atoms with Gasteiger partial charge in [0.15, 0.2) is 11.5 Å². The summed E-state index contributed by atoms with van der Waals surface area (Å²) < 4.78 is 17.1. The molecule has 0 saturated heterocycles. The molecule has 1 unspecified atom stereocenters. The van der Waals surface area contributed by atoms with Gasteiger partial charge in [-0.15, -0.1) is 0 Å². The van der Waals surface area contributed by atoms with E-state index >= 15 is 0 Å². The predicted molar refractivity (Wildman–Crippen MR) is 133 cm³/mol. The van der Waals surface area contributed by atoms with Crippen molar-refractivity contribution in [2.45, 2.75) is 19.6 Å². The van der Waals surface area contributed by atoms with Crippen molar-refractivity contribution < 1.29 is 23.8 Å². The number of halogens is 1. The topological polar surface area (TPSA) is 85.9 Å². The average molecular weight is 493 g/mol. The number of esters is 1. The molecule has 3 aromatic carbocycles. The lowest BCUT2D eigenvalue weighted by Gasteiger charge is -2.31. The summed E-state index contributed by atoms with van der Waals surface area (Å²) in [4.78, 5) is 25.9. The molecule has 2 amide bonds. The fraction of sp³-hybridized carbons (Fsp3) is 0.185. The third kappa shape index (κ3) is 5.25. The highest BCUT2D eigenvalue weighted by Gasteiger charge is 2.36. The van der Waals surface area contributed by atoms with Crippen LogP contribution in [0.15, 0.2) is 78.4 Å². The molecule has 0 aliphatic carbocycles. The summed E-state index contributed by atoms with van der Waals surface area (Å²) >= 11 is 6.31. The monoisotopic (exact) mass is 492 g/mol. The smallest absolute Gasteiger partial charge is 0.338 e. The Morgan fingerprint density at radius 3 is 2.46 bits per heavy atom. The van der Waals surface area contributed by atoms with Crippen molar-refractivity contribution in [3.63, 3.8) is 0 Å². The SMILES string of the molecule is CCOC(=O)C1=C(c2ccccc2)NC(=O)NC1c1cccc(OC)c1OCc1ccccc1Cl. The van der Waals surface area contributed by atoms with Gasteiger partial charge in [-0.2, -0.15) is 0 Å². The molecule has 3 aromatic rings. The van der Waals surface area contributed by atoms with Crippen LogP contribution >= 0.6 is 11.6 Å². The van der Waals surface area contributed by atoms with Crippen molar-refractivity contribution in [2.24, 2.45) is 0 Å². The van der Waals surface area contributed by atoms with E-state index in [1.807, 2.05) is 48.5 Å². The van der Waals surface area contributed by atoms with Gasteiger partial charge in [0.25, 0.3) is 0 Å². The van der Waals surface area contributed by atoms with Crippen LogP contribution in [0, 0.1) is 0 Å². The van der Waals surface area contributed by atoms with E-state index in [0.29, 0.717) is 33.3 Å². The molecule has 4 rings (SSSR count). The van der Waals surface area contributed by atoms with Gasteiger partial charge in [-0.1, -0.05) is 72.3 Å². The molecular formula is C27H25ClN2O5. The number of amides is 2. The Kier molecular flexibility index (Phi) is 7.57. The van der Waals surface area contributed by atoms with Crippen molar-refractivity contribution >= 4 is 29.3 Å². The zero-order chi connectivity index (χ0) is 24.8. The molecule has 1 atom stereocenters. The normalized spacial score (nSPS) is 15.2. The average Bonchev–Trinajstić information content (AvgIpc) is 2.88. The van der Waals surface area contributed by atoms with Crippen LogP contribution in [0.5, 0.6) is 11.5 Å². The van der Waals surface area contributed by atoms with E-state index in [0.717, 1.165) is 5.56 Å². The molecule has 180 valence electrons. The van der Waals surface area contributed by atoms with Crippen molar-refractivity contribution in [1.82, 2.24) is 10.6 Å². The van der Waals surface area contributed by atoms with Gasteiger partial charge in [0.1, 0.15) is 6.61 Å². The Bertz CT molecular complexity index is 1260. The second kappa shape index (κ2) is 11.0. The van der Waals surface area contributed by atoms with Gasteiger partial charge in [-0.05, 0) is 24.6 Å². The lowest BCUT2D eigenvalue weighted by atomic mass is 9.92. The van der Waals surface area contributed by atoms with Crippen molar-refractivity contribution in [2.75, 3.05) is 13.7 Å². The van der Waals surface area contributed by atoms with Crippen molar-refractivity contribution in [1.29, 1.82) is 0 Å². The van der Waals surface area contributed by atoms with Crippen molar-refractivity contribution in [3.8, 4) is 11.5 Å². The molecule has 8 heteroatoms. The first kappa shape index (κ1) is 24.2. The Balaban J connectivity index is 1.84. The lowest BCUT2D eigenvalue weighted by Crippen LogP contribution is -2.45. The fourth-order valence-electron chi connectivity index (χ4n) is 3.90. The Morgan fingerprint density at radius 2 is 1.74 bits per heavy atom. The summed E-state index contributed by atoms with van der Waals surface area (Å²) in [6, 6.07) is 20.5. The highest BCUT2D eigenvalue weighted by molar-refractivity contribution is 6.31. The molecule has 35 heavy (non-hydrogen) atoms. The first-order valence-electron chi connectivity index (χ1n) is 11.1. The molecule has 1 aliphatic rings. The fourth-order valence-corrected chi connectivity index (χ4v) is 4.09. The number of carbonyl (C=O) groups excluding carboxylic acids is 2. The van der Waals surface area contributed by atoms with E-state index in [1.54, 1.807) is 31.2 Å². The maximum atomic E-state index is 13.2. The molecule has 2 N–H and O–H groups in total. The number of carbonyl (C=O) groups is 2. The predicted octanol–water partition coefficient (Wildman–Crippen LogP) is 5.26. The Labute approximate surface area is 208 Å². The van der Waals surface area contributed by atoms with E-state index in [1.165, 1.54) is 7.11 Å². The summed E-state index contributed by atoms with van der Waals surface area (Å²) in [7, 11) is 1.53. The van der Waals surface area contributed by atoms with Crippen LogP contribution in [0.1, 0.15) is 29.7 Å². The third-order valence-corrected chi connectivity index (χ3v) is 5.87. The van der Waals surface area contributed by atoms with Gasteiger partial charge in [0.05, 0.1) is 31.0 Å². The van der Waals surface area contributed by atoms with Crippen molar-refractivity contribution in [3.05, 3.63) is 100 Å². The summed E-state index contributed by atoms with van der Waals surface area (Å²) in [6.07, 6.45) is 0. The molecule has 0 saturated carbocycles. The summed E-state index contributed by atoms with van der Waals surface area (Å²) in [6.45, 7) is 2.07. The standard InChI is InChI=1S/C27H25ClN2O5/c1-3-34-26(31)22-23(17-10-5-4-6-11-17)29-27(32)30-24(22)19-13-9-15-21(33-2)25(19)35-16-18-12-7-8-14-20(18)28/h4-15,24H,3,16H2,1-2H3,(H2,29,30,32). The Hall–Kier alpha value is -3.97. The van der Waals surface area contributed by atoms with Crippen LogP contribution in [0.2, 0.25) is 5.02 Å². The summed E-state index contributed by atoms with van der Waals surface area (Å²) in [5.74, 6) is 0.284. The number of nitrogens with one attached hydrogen (secondary N) is 2. The number of methoxy groups -OCH3 is 1. The van der Waals surface area contributed by atoms with Gasteiger partial charge < -0.3 is 24.8 Å². The van der Waals surface area contributed by atoms with Crippen LogP contribution in [-0.4, -0.2) is 25.7 Å². The molecule has 0 aromatic heterocycles. The van der Waals surface area contributed by atoms with Gasteiger partial charge in [0.2, 0.25) is 0 Å². The highest BCUT2D eigenvalue weighted by atomic mass is 35.5. The molecule has 0 bridgehead atoms. The quantitative estimate of drug-likeness (QED) is 0.419. The highest BCUT2D eigenvalue weighted by Crippen LogP contribution is 2.41. The van der Waals surface area contributed by atoms with Crippen LogP contribution in [0.3, 0.4) is 0 Å². The number of para-hydroxylation sites is 1. The number of rotatable bonds is 8. The Morgan fingerprint density at radius 1 is 1.00 bits per heavy atom. The lowest BCUT2D eigenvalue weighted by molar-refractivity contribution is -0.138.